The lowest BCUT2D eigenvalue weighted by molar-refractivity contribution is -0.136. The van der Waals surface area contributed by atoms with Gasteiger partial charge >= 0.3 is 0 Å². The van der Waals surface area contributed by atoms with Crippen molar-refractivity contribution in [3.8, 4) is 5.75 Å². The average molecular weight is 387 g/mol. The number of carbonyl (C=O) groups excluding carboxylic acids is 2. The number of nitrogens with one attached hydrogen (secondary N) is 1. The Morgan fingerprint density at radius 3 is 2.74 bits per heavy atom. The van der Waals surface area contributed by atoms with E-state index in [1.165, 1.54) is 0 Å². The fraction of sp³-hybridized carbons (Fsp3) is 0.333. The summed E-state index contributed by atoms with van der Waals surface area (Å²) in [5.41, 5.74) is 1.67. The summed E-state index contributed by atoms with van der Waals surface area (Å²) in [5, 5.41) is 3.58. The van der Waals surface area contributed by atoms with Gasteiger partial charge in [0.25, 0.3) is 5.91 Å². The van der Waals surface area contributed by atoms with Gasteiger partial charge in [-0.15, -0.1) is 0 Å². The zero-order valence-electron chi connectivity index (χ0n) is 15.3. The van der Waals surface area contributed by atoms with E-state index >= 15 is 0 Å². The molecule has 1 unspecified atom stereocenters. The molecule has 0 radical (unpaired) electrons. The summed E-state index contributed by atoms with van der Waals surface area (Å²) >= 11 is 6.00. The molecule has 1 fully saturated rings. The third-order valence-electron chi connectivity index (χ3n) is 4.68. The summed E-state index contributed by atoms with van der Waals surface area (Å²) in [7, 11) is 0. The lowest BCUT2D eigenvalue weighted by Gasteiger charge is -2.32. The minimum atomic E-state index is -0.208. The lowest BCUT2D eigenvalue weighted by Crippen LogP contribution is -2.45. The third kappa shape index (κ3) is 5.23. The summed E-state index contributed by atoms with van der Waals surface area (Å²) in [4.78, 5) is 26.7. The SMILES string of the molecule is Cc1cc(OCC(=O)N2CCCC(C(=O)Nc3ccccc3)C2)ccc1Cl. The largest absolute Gasteiger partial charge is 0.484 e. The smallest absolute Gasteiger partial charge is 0.260 e. The van der Waals surface area contributed by atoms with E-state index in [0.29, 0.717) is 23.9 Å². The van der Waals surface area contributed by atoms with Crippen molar-refractivity contribution in [2.75, 3.05) is 25.0 Å². The number of nitrogens with zero attached hydrogens (tertiary/aromatic N) is 1. The van der Waals surface area contributed by atoms with Gasteiger partial charge in [0.2, 0.25) is 5.91 Å². The van der Waals surface area contributed by atoms with Crippen LogP contribution in [0.25, 0.3) is 0 Å². The molecular weight excluding hydrogens is 364 g/mol. The summed E-state index contributed by atoms with van der Waals surface area (Å²) in [6, 6.07) is 14.7. The number of para-hydroxylation sites is 1. The molecule has 0 saturated carbocycles. The summed E-state index contributed by atoms with van der Waals surface area (Å²) in [6.45, 7) is 2.91. The van der Waals surface area contributed by atoms with E-state index in [1.54, 1.807) is 17.0 Å². The highest BCUT2D eigenvalue weighted by atomic mass is 35.5. The topological polar surface area (TPSA) is 58.6 Å². The number of piperidine rings is 1. The van der Waals surface area contributed by atoms with Gasteiger partial charge in [-0.2, -0.15) is 0 Å². The number of rotatable bonds is 5. The number of benzene rings is 2. The molecule has 1 aliphatic heterocycles. The molecule has 6 heteroatoms. The zero-order valence-corrected chi connectivity index (χ0v) is 16.0. The van der Waals surface area contributed by atoms with Crippen LogP contribution in [0.3, 0.4) is 0 Å². The van der Waals surface area contributed by atoms with Gasteiger partial charge in [0, 0.05) is 23.8 Å². The van der Waals surface area contributed by atoms with Crippen molar-refractivity contribution >= 4 is 29.1 Å². The van der Waals surface area contributed by atoms with Crippen LogP contribution in [0.5, 0.6) is 5.75 Å². The van der Waals surface area contributed by atoms with Crippen molar-refractivity contribution in [2.24, 2.45) is 5.92 Å². The second-order valence-corrected chi connectivity index (χ2v) is 7.14. The molecule has 0 spiro atoms. The number of amides is 2. The normalized spacial score (nSPS) is 16.7. The first-order valence-corrected chi connectivity index (χ1v) is 9.43. The van der Waals surface area contributed by atoms with Gasteiger partial charge in [-0.3, -0.25) is 9.59 Å². The predicted octanol–water partition coefficient (Wildman–Crippen LogP) is 3.90. The Balaban J connectivity index is 1.52. The van der Waals surface area contributed by atoms with Crippen LogP contribution in [-0.4, -0.2) is 36.4 Å². The summed E-state index contributed by atoms with van der Waals surface area (Å²) < 4.78 is 5.60. The van der Waals surface area contributed by atoms with Crippen LogP contribution in [0.4, 0.5) is 5.69 Å². The fourth-order valence-corrected chi connectivity index (χ4v) is 3.24. The first kappa shape index (κ1) is 19.2. The molecule has 2 aromatic rings. The highest BCUT2D eigenvalue weighted by Gasteiger charge is 2.28. The maximum atomic E-state index is 12.5. The van der Waals surface area contributed by atoms with Crippen LogP contribution in [0.15, 0.2) is 48.5 Å². The summed E-state index contributed by atoms with van der Waals surface area (Å²) in [6.07, 6.45) is 1.58. The molecule has 1 atom stereocenters. The molecule has 5 nitrogen and oxygen atoms in total. The molecule has 2 amide bonds. The number of anilines is 1. The number of likely N-dealkylation sites (tertiary alicyclic amines) is 1. The van der Waals surface area contributed by atoms with Crippen molar-refractivity contribution in [1.29, 1.82) is 0 Å². The summed E-state index contributed by atoms with van der Waals surface area (Å²) in [5.74, 6) is 0.245. The quantitative estimate of drug-likeness (QED) is 0.847. The van der Waals surface area contributed by atoms with Crippen molar-refractivity contribution < 1.29 is 14.3 Å². The Bertz CT molecular complexity index is 810. The Morgan fingerprint density at radius 1 is 1.22 bits per heavy atom. The van der Waals surface area contributed by atoms with E-state index in [0.717, 1.165) is 24.1 Å². The fourth-order valence-electron chi connectivity index (χ4n) is 3.13. The molecule has 27 heavy (non-hydrogen) atoms. The van der Waals surface area contributed by atoms with Gasteiger partial charge in [-0.25, -0.2) is 0 Å². The highest BCUT2D eigenvalue weighted by Crippen LogP contribution is 2.22. The molecule has 2 aromatic carbocycles. The first-order chi connectivity index (χ1) is 13.0. The number of hydrogen-bond acceptors (Lipinski definition) is 3. The zero-order chi connectivity index (χ0) is 19.2. The van der Waals surface area contributed by atoms with Crippen LogP contribution < -0.4 is 10.1 Å². The Labute approximate surface area is 164 Å². The molecule has 0 aromatic heterocycles. The molecule has 0 aliphatic carbocycles. The van der Waals surface area contributed by atoms with E-state index < -0.39 is 0 Å². The Hall–Kier alpha value is -2.53. The standard InChI is InChI=1S/C21H23ClN2O3/c1-15-12-18(9-10-19(15)22)27-14-20(25)24-11-5-6-16(13-24)21(26)23-17-7-3-2-4-8-17/h2-4,7-10,12,16H,5-6,11,13-14H2,1H3,(H,23,26). The van der Waals surface area contributed by atoms with Crippen molar-refractivity contribution in [3.05, 3.63) is 59.1 Å². The monoisotopic (exact) mass is 386 g/mol. The Kier molecular flexibility index (Phi) is 6.35. The van der Waals surface area contributed by atoms with Gasteiger partial charge in [0.1, 0.15) is 5.75 Å². The number of hydrogen-bond donors (Lipinski definition) is 1. The van der Waals surface area contributed by atoms with E-state index in [9.17, 15) is 9.59 Å². The van der Waals surface area contributed by atoms with Crippen molar-refractivity contribution in [1.82, 2.24) is 4.90 Å². The molecular formula is C21H23ClN2O3. The van der Waals surface area contributed by atoms with Crippen LogP contribution in [0.2, 0.25) is 5.02 Å². The maximum absolute atomic E-state index is 12.5. The number of aryl methyl sites for hydroxylation is 1. The molecule has 1 N–H and O–H groups in total. The van der Waals surface area contributed by atoms with Gasteiger partial charge in [-0.05, 0) is 55.7 Å². The van der Waals surface area contributed by atoms with Gasteiger partial charge in [-0.1, -0.05) is 29.8 Å². The van der Waals surface area contributed by atoms with E-state index in [2.05, 4.69) is 5.32 Å². The molecule has 1 saturated heterocycles. The molecule has 1 aliphatic rings. The molecule has 142 valence electrons. The number of halogens is 1. The van der Waals surface area contributed by atoms with Crippen LogP contribution in [-0.2, 0) is 9.59 Å². The minimum Gasteiger partial charge on any atom is -0.484 e. The van der Waals surface area contributed by atoms with Gasteiger partial charge in [0.15, 0.2) is 6.61 Å². The predicted molar refractivity (Wildman–Crippen MR) is 106 cm³/mol. The second-order valence-electron chi connectivity index (χ2n) is 6.73. The first-order valence-electron chi connectivity index (χ1n) is 9.05. The minimum absolute atomic E-state index is 0.0475. The van der Waals surface area contributed by atoms with Crippen molar-refractivity contribution in [2.45, 2.75) is 19.8 Å². The highest BCUT2D eigenvalue weighted by molar-refractivity contribution is 6.31. The third-order valence-corrected chi connectivity index (χ3v) is 5.10. The van der Waals surface area contributed by atoms with Gasteiger partial charge < -0.3 is 15.0 Å². The second kappa shape index (κ2) is 8.91. The van der Waals surface area contributed by atoms with E-state index in [4.69, 9.17) is 16.3 Å². The van der Waals surface area contributed by atoms with Gasteiger partial charge in [0.05, 0.1) is 5.92 Å². The van der Waals surface area contributed by atoms with E-state index in [1.807, 2.05) is 43.3 Å². The number of carbonyl (C=O) groups is 2. The Morgan fingerprint density at radius 2 is 2.00 bits per heavy atom. The van der Waals surface area contributed by atoms with E-state index in [-0.39, 0.29) is 24.3 Å². The number of ether oxygens (including phenoxy) is 1. The van der Waals surface area contributed by atoms with Crippen LogP contribution in [0, 0.1) is 12.8 Å². The van der Waals surface area contributed by atoms with Crippen molar-refractivity contribution in [3.63, 3.8) is 0 Å². The van der Waals surface area contributed by atoms with Crippen LogP contribution >= 0.6 is 11.6 Å². The molecule has 3 rings (SSSR count). The molecule has 1 heterocycles. The van der Waals surface area contributed by atoms with Crippen LogP contribution in [0.1, 0.15) is 18.4 Å². The molecule has 0 bridgehead atoms. The average Bonchev–Trinajstić information content (AvgIpc) is 2.69. The maximum Gasteiger partial charge on any atom is 0.260 e. The lowest BCUT2D eigenvalue weighted by atomic mass is 9.97.